The third kappa shape index (κ3) is 1.22. The van der Waals surface area contributed by atoms with E-state index in [4.69, 9.17) is 0 Å². The highest BCUT2D eigenvalue weighted by molar-refractivity contribution is 5.17. The van der Waals surface area contributed by atoms with Gasteiger partial charge < -0.3 is 0 Å². The van der Waals surface area contributed by atoms with Crippen LogP contribution in [-0.4, -0.2) is 60.4 Å². The van der Waals surface area contributed by atoms with Crippen molar-refractivity contribution in [2.75, 3.05) is 39.3 Å². The third-order valence-corrected chi connectivity index (χ3v) is 5.53. The number of hydrogen-bond acceptors (Lipinski definition) is 4. The van der Waals surface area contributed by atoms with Crippen LogP contribution in [-0.2, 0) is 0 Å². The second kappa shape index (κ2) is 3.67. The zero-order chi connectivity index (χ0) is 11.3. The van der Waals surface area contributed by atoms with Crippen molar-refractivity contribution in [3.05, 3.63) is 0 Å². The molecule has 0 aromatic carbocycles. The van der Waals surface area contributed by atoms with Crippen LogP contribution >= 0.6 is 0 Å². The summed E-state index contributed by atoms with van der Waals surface area (Å²) >= 11 is 0. The summed E-state index contributed by atoms with van der Waals surface area (Å²) in [4.78, 5) is 5.58. The molecule has 96 valence electrons. The molecule has 1 saturated carbocycles. The summed E-state index contributed by atoms with van der Waals surface area (Å²) in [7, 11) is 0. The van der Waals surface area contributed by atoms with Crippen molar-refractivity contribution in [1.82, 2.24) is 20.4 Å². The van der Waals surface area contributed by atoms with Crippen molar-refractivity contribution in [1.29, 1.82) is 0 Å². The van der Waals surface area contributed by atoms with Crippen molar-refractivity contribution < 1.29 is 0 Å². The van der Waals surface area contributed by atoms with Gasteiger partial charge in [0.2, 0.25) is 0 Å². The van der Waals surface area contributed by atoms with E-state index < -0.39 is 0 Å². The lowest BCUT2D eigenvalue weighted by Crippen LogP contribution is -2.89. The monoisotopic (exact) mass is 236 g/mol. The Hall–Kier alpha value is -0.160. The highest BCUT2D eigenvalue weighted by Crippen LogP contribution is 2.47. The van der Waals surface area contributed by atoms with Gasteiger partial charge in [-0.25, -0.2) is 0 Å². The van der Waals surface area contributed by atoms with Crippen molar-refractivity contribution in [3.8, 4) is 0 Å². The molecule has 3 heterocycles. The number of hydrogen-bond donors (Lipinski definition) is 2. The van der Waals surface area contributed by atoms with Gasteiger partial charge >= 0.3 is 0 Å². The largest absolute Gasteiger partial charge is 0.295 e. The molecule has 17 heavy (non-hydrogen) atoms. The summed E-state index contributed by atoms with van der Waals surface area (Å²) in [5, 5.41) is 7.72. The van der Waals surface area contributed by atoms with Gasteiger partial charge in [0.25, 0.3) is 0 Å². The smallest absolute Gasteiger partial charge is 0.106 e. The molecule has 0 bridgehead atoms. The molecule has 0 radical (unpaired) electrons. The number of rotatable bonds is 0. The van der Waals surface area contributed by atoms with Crippen LogP contribution in [0, 0.1) is 0 Å². The lowest BCUT2D eigenvalue weighted by molar-refractivity contribution is -0.211. The highest BCUT2D eigenvalue weighted by atomic mass is 15.5. The molecule has 1 spiro atoms. The van der Waals surface area contributed by atoms with Crippen molar-refractivity contribution >= 4 is 0 Å². The SMILES string of the molecule is C1CN2CCNC34CCCCC23N(C1)CCN4. The second-order valence-electron chi connectivity index (χ2n) is 6.11. The zero-order valence-corrected chi connectivity index (χ0v) is 10.7. The first-order chi connectivity index (χ1) is 8.37. The van der Waals surface area contributed by atoms with Crippen molar-refractivity contribution in [3.63, 3.8) is 0 Å². The summed E-state index contributed by atoms with van der Waals surface area (Å²) < 4.78 is 0. The average molecular weight is 236 g/mol. The Morgan fingerprint density at radius 2 is 1.35 bits per heavy atom. The quantitative estimate of drug-likeness (QED) is 0.627. The Morgan fingerprint density at radius 1 is 0.706 bits per heavy atom. The first-order valence-corrected chi connectivity index (χ1v) is 7.38. The van der Waals surface area contributed by atoms with Gasteiger partial charge in [-0.15, -0.1) is 0 Å². The standard InChI is InChI=1S/C13H24N4/c1-2-5-13-12(4-1)14-6-10-16(13)8-3-9-17(13)11-7-15-12/h14-15H,1-11H2. The first-order valence-electron chi connectivity index (χ1n) is 7.38. The Balaban J connectivity index is 1.82. The normalized spacial score (nSPS) is 47.3. The van der Waals surface area contributed by atoms with Gasteiger partial charge in [0.15, 0.2) is 0 Å². The summed E-state index contributed by atoms with van der Waals surface area (Å²) in [5.74, 6) is 0. The average Bonchev–Trinajstić information content (AvgIpc) is 2.38. The van der Waals surface area contributed by atoms with Gasteiger partial charge in [-0.2, -0.15) is 0 Å². The topological polar surface area (TPSA) is 30.5 Å². The molecular weight excluding hydrogens is 212 g/mol. The highest BCUT2D eigenvalue weighted by Gasteiger charge is 2.62. The minimum Gasteiger partial charge on any atom is -0.295 e. The van der Waals surface area contributed by atoms with E-state index in [1.807, 2.05) is 0 Å². The van der Waals surface area contributed by atoms with Gasteiger partial charge in [-0.05, 0) is 25.7 Å². The van der Waals surface area contributed by atoms with E-state index in [-0.39, 0.29) is 5.66 Å². The van der Waals surface area contributed by atoms with Crippen LogP contribution in [0.4, 0.5) is 0 Å². The Bertz CT molecular complexity index is 289. The van der Waals surface area contributed by atoms with Crippen molar-refractivity contribution in [2.24, 2.45) is 0 Å². The molecule has 0 unspecified atom stereocenters. The molecule has 4 rings (SSSR count). The minimum atomic E-state index is 0.197. The molecule has 0 aromatic rings. The molecule has 4 nitrogen and oxygen atoms in total. The Morgan fingerprint density at radius 3 is 2.06 bits per heavy atom. The molecule has 0 aromatic heterocycles. The predicted molar refractivity (Wildman–Crippen MR) is 67.7 cm³/mol. The predicted octanol–water partition coefficient (Wildman–Crippen LogP) is 0.167. The Kier molecular flexibility index (Phi) is 2.32. The van der Waals surface area contributed by atoms with Crippen LogP contribution in [0.15, 0.2) is 0 Å². The summed E-state index contributed by atoms with van der Waals surface area (Å²) in [6, 6.07) is 0. The Labute approximate surface area is 104 Å². The molecule has 0 atom stereocenters. The summed E-state index contributed by atoms with van der Waals surface area (Å²) in [6.07, 6.45) is 6.80. The summed E-state index contributed by atoms with van der Waals surface area (Å²) in [5.41, 5.74) is 0.502. The lowest BCUT2D eigenvalue weighted by Gasteiger charge is -2.69. The molecule has 4 heteroatoms. The molecule has 2 N–H and O–H groups in total. The van der Waals surface area contributed by atoms with E-state index in [2.05, 4.69) is 20.4 Å². The van der Waals surface area contributed by atoms with Crippen molar-refractivity contribution in [2.45, 2.75) is 43.4 Å². The fourth-order valence-electron chi connectivity index (χ4n) is 4.98. The van der Waals surface area contributed by atoms with Crippen LogP contribution in [0.2, 0.25) is 0 Å². The van der Waals surface area contributed by atoms with Crippen LogP contribution in [0.25, 0.3) is 0 Å². The van der Waals surface area contributed by atoms with Crippen LogP contribution in [0.5, 0.6) is 0 Å². The van der Waals surface area contributed by atoms with E-state index in [0.717, 1.165) is 13.1 Å². The molecule has 4 aliphatic rings. The van der Waals surface area contributed by atoms with E-state index in [1.54, 1.807) is 0 Å². The maximum atomic E-state index is 3.86. The third-order valence-electron chi connectivity index (χ3n) is 5.53. The maximum absolute atomic E-state index is 3.86. The number of nitrogens with zero attached hydrogens (tertiary/aromatic N) is 2. The molecule has 4 fully saturated rings. The molecule has 3 aliphatic heterocycles. The molecule has 0 amide bonds. The zero-order valence-electron chi connectivity index (χ0n) is 10.7. The molecule has 3 saturated heterocycles. The lowest BCUT2D eigenvalue weighted by atomic mass is 9.72. The van der Waals surface area contributed by atoms with Gasteiger partial charge in [0.1, 0.15) is 11.3 Å². The van der Waals surface area contributed by atoms with Crippen LogP contribution in [0.1, 0.15) is 32.1 Å². The number of piperazine rings is 2. The minimum absolute atomic E-state index is 0.197. The van der Waals surface area contributed by atoms with E-state index in [9.17, 15) is 0 Å². The fraction of sp³-hybridized carbons (Fsp3) is 1.00. The van der Waals surface area contributed by atoms with E-state index in [1.165, 1.54) is 58.3 Å². The van der Waals surface area contributed by atoms with Gasteiger partial charge in [-0.3, -0.25) is 20.4 Å². The van der Waals surface area contributed by atoms with E-state index in [0.29, 0.717) is 5.66 Å². The fourth-order valence-corrected chi connectivity index (χ4v) is 4.98. The van der Waals surface area contributed by atoms with Gasteiger partial charge in [0, 0.05) is 39.3 Å². The summed E-state index contributed by atoms with van der Waals surface area (Å²) in [6.45, 7) is 7.40. The van der Waals surface area contributed by atoms with Gasteiger partial charge in [0.05, 0.1) is 0 Å². The first kappa shape index (κ1) is 10.7. The molecule has 1 aliphatic carbocycles. The number of nitrogens with one attached hydrogen (secondary N) is 2. The second-order valence-corrected chi connectivity index (χ2v) is 6.11. The van der Waals surface area contributed by atoms with Crippen LogP contribution < -0.4 is 10.6 Å². The maximum Gasteiger partial charge on any atom is 0.106 e. The molecular formula is C13H24N4. The van der Waals surface area contributed by atoms with Gasteiger partial charge in [-0.1, -0.05) is 6.42 Å². The van der Waals surface area contributed by atoms with Crippen LogP contribution in [0.3, 0.4) is 0 Å². The van der Waals surface area contributed by atoms with E-state index >= 15 is 0 Å².